The van der Waals surface area contributed by atoms with Crippen LogP contribution in [0.2, 0.25) is 10.0 Å². The smallest absolute Gasteiger partial charge is 0.145 e. The normalized spacial score (nSPS) is 10.9. The third-order valence-corrected chi connectivity index (χ3v) is 5.11. The Morgan fingerprint density at radius 3 is 2.37 bits per heavy atom. The lowest BCUT2D eigenvalue weighted by Crippen LogP contribution is -1.96. The molecular formula is C22H16Cl2N2O. The molecule has 0 spiro atoms. The van der Waals surface area contributed by atoms with E-state index in [9.17, 15) is 0 Å². The zero-order chi connectivity index (χ0) is 18.6. The van der Waals surface area contributed by atoms with Crippen molar-refractivity contribution in [1.82, 2.24) is 10.1 Å². The maximum Gasteiger partial charge on any atom is 0.145 e. The zero-order valence-electron chi connectivity index (χ0n) is 14.4. The molecule has 0 radical (unpaired) electrons. The first-order valence-electron chi connectivity index (χ1n) is 8.56. The van der Waals surface area contributed by atoms with E-state index >= 15 is 0 Å². The van der Waals surface area contributed by atoms with E-state index in [1.54, 1.807) is 12.3 Å². The fraction of sp³-hybridized carbons (Fsp3) is 0.0909. The van der Waals surface area contributed by atoms with E-state index in [1.807, 2.05) is 48.7 Å². The van der Waals surface area contributed by atoms with Gasteiger partial charge in [-0.2, -0.15) is 0 Å². The molecule has 0 fully saturated rings. The summed E-state index contributed by atoms with van der Waals surface area (Å²) in [7, 11) is 0. The summed E-state index contributed by atoms with van der Waals surface area (Å²) < 4.78 is 5.75. The molecule has 2 heterocycles. The first kappa shape index (κ1) is 17.8. The molecule has 27 heavy (non-hydrogen) atoms. The number of hydrogen-bond acceptors (Lipinski definition) is 3. The lowest BCUT2D eigenvalue weighted by Gasteiger charge is -2.06. The summed E-state index contributed by atoms with van der Waals surface area (Å²) in [6.45, 7) is 0. The topological polar surface area (TPSA) is 38.9 Å². The maximum atomic E-state index is 6.21. The van der Waals surface area contributed by atoms with Crippen LogP contribution in [0.4, 0.5) is 0 Å². The van der Waals surface area contributed by atoms with Gasteiger partial charge in [0.1, 0.15) is 11.5 Å². The van der Waals surface area contributed by atoms with Crippen LogP contribution >= 0.6 is 23.2 Å². The van der Waals surface area contributed by atoms with E-state index in [2.05, 4.69) is 22.3 Å². The Kier molecular flexibility index (Phi) is 5.23. The molecule has 0 N–H and O–H groups in total. The minimum Gasteiger partial charge on any atom is -0.360 e. The van der Waals surface area contributed by atoms with Crippen LogP contribution in [0.5, 0.6) is 0 Å². The summed E-state index contributed by atoms with van der Waals surface area (Å²) in [5.41, 5.74) is 4.96. The Balaban J connectivity index is 1.77. The van der Waals surface area contributed by atoms with Crippen molar-refractivity contribution >= 4 is 23.2 Å². The SMILES string of the molecule is Clc1ccc(-c2noc(Cc3ccccc3)c2Cc2cccnc2)cc1Cl. The molecule has 0 atom stereocenters. The predicted octanol–water partition coefficient (Wildman–Crippen LogP) is 6.23. The molecule has 0 saturated carbocycles. The molecule has 0 bridgehead atoms. The lowest BCUT2D eigenvalue weighted by molar-refractivity contribution is 0.390. The van der Waals surface area contributed by atoms with Crippen LogP contribution in [0, 0.1) is 0 Å². The van der Waals surface area contributed by atoms with Gasteiger partial charge in [0.2, 0.25) is 0 Å². The minimum absolute atomic E-state index is 0.495. The molecule has 0 aliphatic heterocycles. The summed E-state index contributed by atoms with van der Waals surface area (Å²) in [5.74, 6) is 0.839. The second kappa shape index (κ2) is 7.95. The predicted molar refractivity (Wildman–Crippen MR) is 108 cm³/mol. The molecule has 2 aromatic heterocycles. The Morgan fingerprint density at radius 1 is 0.815 bits per heavy atom. The van der Waals surface area contributed by atoms with Gasteiger partial charge in [-0.05, 0) is 29.3 Å². The largest absolute Gasteiger partial charge is 0.360 e. The van der Waals surface area contributed by atoms with Crippen molar-refractivity contribution in [2.24, 2.45) is 0 Å². The van der Waals surface area contributed by atoms with Crippen molar-refractivity contribution in [2.75, 3.05) is 0 Å². The van der Waals surface area contributed by atoms with E-state index in [4.69, 9.17) is 27.7 Å². The van der Waals surface area contributed by atoms with Crippen LogP contribution in [-0.2, 0) is 12.8 Å². The molecule has 3 nitrogen and oxygen atoms in total. The van der Waals surface area contributed by atoms with Crippen LogP contribution in [0.3, 0.4) is 0 Å². The average molecular weight is 395 g/mol. The van der Waals surface area contributed by atoms with Gasteiger partial charge in [0.25, 0.3) is 0 Å². The summed E-state index contributed by atoms with van der Waals surface area (Å²) >= 11 is 12.3. The van der Waals surface area contributed by atoms with Crippen LogP contribution in [-0.4, -0.2) is 10.1 Å². The third-order valence-electron chi connectivity index (χ3n) is 4.37. The van der Waals surface area contributed by atoms with Gasteiger partial charge < -0.3 is 4.52 Å². The third kappa shape index (κ3) is 4.05. The summed E-state index contributed by atoms with van der Waals surface area (Å²) in [5, 5.41) is 5.36. The van der Waals surface area contributed by atoms with Crippen molar-refractivity contribution in [2.45, 2.75) is 12.8 Å². The highest BCUT2D eigenvalue weighted by atomic mass is 35.5. The number of halogens is 2. The molecule has 0 saturated heterocycles. The summed E-state index contributed by atoms with van der Waals surface area (Å²) in [6.07, 6.45) is 4.97. The van der Waals surface area contributed by atoms with E-state index < -0.39 is 0 Å². The molecule has 2 aromatic carbocycles. The standard InChI is InChI=1S/C22H16Cl2N2O/c23-19-9-8-17(13-20(19)24)22-18(11-16-7-4-10-25-14-16)21(27-26-22)12-15-5-2-1-3-6-15/h1-10,13-14H,11-12H2. The van der Waals surface area contributed by atoms with E-state index in [0.29, 0.717) is 22.9 Å². The molecule has 4 aromatic rings. The first-order chi connectivity index (χ1) is 13.2. The maximum absolute atomic E-state index is 6.21. The van der Waals surface area contributed by atoms with E-state index in [-0.39, 0.29) is 0 Å². The summed E-state index contributed by atoms with van der Waals surface area (Å²) in [4.78, 5) is 4.22. The van der Waals surface area contributed by atoms with Gasteiger partial charge in [-0.25, -0.2) is 0 Å². The van der Waals surface area contributed by atoms with Crippen molar-refractivity contribution in [3.05, 3.63) is 106 Å². The highest BCUT2D eigenvalue weighted by Crippen LogP contribution is 2.33. The molecule has 0 unspecified atom stereocenters. The number of rotatable bonds is 5. The van der Waals surface area contributed by atoms with Gasteiger partial charge in [0, 0.05) is 36.4 Å². The molecule has 134 valence electrons. The number of aromatic nitrogens is 2. The fourth-order valence-corrected chi connectivity index (χ4v) is 3.32. The summed E-state index contributed by atoms with van der Waals surface area (Å²) in [6, 6.07) is 19.7. The van der Waals surface area contributed by atoms with Crippen LogP contribution < -0.4 is 0 Å². The monoisotopic (exact) mass is 394 g/mol. The van der Waals surface area contributed by atoms with Crippen LogP contribution in [0.15, 0.2) is 77.6 Å². The van der Waals surface area contributed by atoms with Crippen molar-refractivity contribution in [3.8, 4) is 11.3 Å². The van der Waals surface area contributed by atoms with Crippen molar-refractivity contribution in [3.63, 3.8) is 0 Å². The molecule has 0 aliphatic rings. The van der Waals surface area contributed by atoms with Gasteiger partial charge in [-0.15, -0.1) is 0 Å². The number of hydrogen-bond donors (Lipinski definition) is 0. The van der Waals surface area contributed by atoms with Gasteiger partial charge >= 0.3 is 0 Å². The van der Waals surface area contributed by atoms with Crippen molar-refractivity contribution in [1.29, 1.82) is 0 Å². The van der Waals surface area contributed by atoms with Crippen LogP contribution in [0.1, 0.15) is 22.5 Å². The Hall–Kier alpha value is -2.62. The zero-order valence-corrected chi connectivity index (χ0v) is 15.9. The fourth-order valence-electron chi connectivity index (χ4n) is 3.02. The number of pyridine rings is 1. The second-order valence-electron chi connectivity index (χ2n) is 6.26. The highest BCUT2D eigenvalue weighted by Gasteiger charge is 2.19. The van der Waals surface area contributed by atoms with Gasteiger partial charge in [-0.3, -0.25) is 4.98 Å². The molecule has 0 aliphatic carbocycles. The van der Waals surface area contributed by atoms with Crippen LogP contribution in [0.25, 0.3) is 11.3 Å². The average Bonchev–Trinajstić information content (AvgIpc) is 3.08. The number of benzene rings is 2. The Bertz CT molecular complexity index is 1050. The van der Waals surface area contributed by atoms with E-state index in [0.717, 1.165) is 28.1 Å². The molecule has 5 heteroatoms. The second-order valence-corrected chi connectivity index (χ2v) is 7.08. The van der Waals surface area contributed by atoms with E-state index in [1.165, 1.54) is 5.56 Å². The van der Waals surface area contributed by atoms with Gasteiger partial charge in [0.05, 0.1) is 10.0 Å². The molecule has 0 amide bonds. The minimum atomic E-state index is 0.495. The first-order valence-corrected chi connectivity index (χ1v) is 9.32. The molecule has 4 rings (SSSR count). The van der Waals surface area contributed by atoms with Gasteiger partial charge in [-0.1, -0.05) is 70.8 Å². The van der Waals surface area contributed by atoms with Crippen molar-refractivity contribution < 1.29 is 4.52 Å². The Morgan fingerprint density at radius 2 is 1.63 bits per heavy atom. The Labute approximate surface area is 167 Å². The highest BCUT2D eigenvalue weighted by molar-refractivity contribution is 6.42. The number of nitrogens with zero attached hydrogens (tertiary/aromatic N) is 2. The lowest BCUT2D eigenvalue weighted by atomic mass is 9.97. The quantitative estimate of drug-likeness (QED) is 0.402. The van der Waals surface area contributed by atoms with Gasteiger partial charge in [0.15, 0.2) is 0 Å². The molecular weight excluding hydrogens is 379 g/mol.